The molecule has 0 aliphatic heterocycles. The standard InChI is InChI=1S/C22H21NO4S2/c1-17-7-13-21(14-8-17)29(25,26)28-16-15-23-19-11-9-18(10-12-19)22(24)27-20-5-3-2-4-6-20/h2-14,23H,15-16H2,1H3. The van der Waals surface area contributed by atoms with Gasteiger partial charge in [0.05, 0.1) is 10.5 Å². The number of anilines is 1. The maximum absolute atomic E-state index is 12.3. The van der Waals surface area contributed by atoms with Crippen LogP contribution in [-0.4, -0.2) is 26.7 Å². The van der Waals surface area contributed by atoms with E-state index in [9.17, 15) is 13.2 Å². The van der Waals surface area contributed by atoms with Crippen LogP contribution in [0.25, 0.3) is 0 Å². The van der Waals surface area contributed by atoms with E-state index < -0.39 is 14.8 Å². The minimum atomic E-state index is -3.36. The van der Waals surface area contributed by atoms with E-state index in [1.165, 1.54) is 0 Å². The fourth-order valence-corrected chi connectivity index (χ4v) is 5.16. The molecule has 1 N–H and O–H groups in total. The fraction of sp³-hybridized carbons (Fsp3) is 0.136. The molecule has 0 unspecified atom stereocenters. The van der Waals surface area contributed by atoms with Crippen molar-refractivity contribution in [2.24, 2.45) is 0 Å². The largest absolute Gasteiger partial charge is 0.423 e. The Balaban J connectivity index is 1.48. The summed E-state index contributed by atoms with van der Waals surface area (Å²) >= 11 is 0. The van der Waals surface area contributed by atoms with Gasteiger partial charge < -0.3 is 10.1 Å². The highest BCUT2D eigenvalue weighted by Crippen LogP contribution is 2.23. The summed E-state index contributed by atoms with van der Waals surface area (Å²) in [6.45, 7) is 2.39. The quantitative estimate of drug-likeness (QED) is 0.242. The van der Waals surface area contributed by atoms with Crippen LogP contribution < -0.4 is 10.1 Å². The Morgan fingerprint density at radius 1 is 0.931 bits per heavy atom. The minimum absolute atomic E-state index is 0.314. The number of nitrogens with one attached hydrogen (secondary N) is 1. The Morgan fingerprint density at radius 3 is 2.24 bits per heavy atom. The molecule has 7 heteroatoms. The van der Waals surface area contributed by atoms with E-state index in [1.807, 2.05) is 13.0 Å². The van der Waals surface area contributed by atoms with Crippen molar-refractivity contribution in [2.45, 2.75) is 11.8 Å². The van der Waals surface area contributed by atoms with Crippen LogP contribution >= 0.6 is 10.8 Å². The predicted octanol–water partition coefficient (Wildman–Crippen LogP) is 4.75. The van der Waals surface area contributed by atoms with Gasteiger partial charge in [-0.3, -0.25) is 0 Å². The molecule has 0 saturated heterocycles. The van der Waals surface area contributed by atoms with Gasteiger partial charge in [-0.15, -0.1) is 0 Å². The summed E-state index contributed by atoms with van der Waals surface area (Å²) in [5.41, 5.74) is 2.26. The molecule has 3 aromatic rings. The average molecular weight is 428 g/mol. The molecule has 0 spiro atoms. The van der Waals surface area contributed by atoms with Crippen LogP contribution in [-0.2, 0) is 8.87 Å². The molecular formula is C22H21NO4S2. The van der Waals surface area contributed by atoms with Gasteiger partial charge in [-0.1, -0.05) is 35.9 Å². The first-order valence-corrected chi connectivity index (χ1v) is 12.0. The van der Waals surface area contributed by atoms with Crippen molar-refractivity contribution in [3.05, 3.63) is 90.0 Å². The van der Waals surface area contributed by atoms with Gasteiger partial charge in [0.25, 0.3) is 0 Å². The third-order valence-corrected chi connectivity index (χ3v) is 7.59. The van der Waals surface area contributed by atoms with Crippen LogP contribution in [0.2, 0.25) is 0 Å². The number of para-hydroxylation sites is 1. The zero-order valence-electron chi connectivity index (χ0n) is 15.9. The minimum Gasteiger partial charge on any atom is -0.423 e. The Kier molecular flexibility index (Phi) is 6.95. The maximum Gasteiger partial charge on any atom is 0.343 e. The van der Waals surface area contributed by atoms with Crippen LogP contribution in [0.5, 0.6) is 5.75 Å². The first-order valence-electron chi connectivity index (χ1n) is 9.01. The van der Waals surface area contributed by atoms with E-state index in [2.05, 4.69) is 5.32 Å². The summed E-state index contributed by atoms with van der Waals surface area (Å²) in [7, 11) is -2.46. The van der Waals surface area contributed by atoms with Gasteiger partial charge in [-0.05, 0) is 66.2 Å². The zero-order valence-corrected chi connectivity index (χ0v) is 17.5. The van der Waals surface area contributed by atoms with Gasteiger partial charge in [0, 0.05) is 18.0 Å². The van der Waals surface area contributed by atoms with Gasteiger partial charge >= 0.3 is 5.97 Å². The number of aryl methyl sites for hydroxylation is 1. The lowest BCUT2D eigenvalue weighted by atomic mass is 10.2. The summed E-state index contributed by atoms with van der Waals surface area (Å²) in [5.74, 6) is 0.461. The molecule has 0 fully saturated rings. The third kappa shape index (κ3) is 6.10. The van der Waals surface area contributed by atoms with Crippen molar-refractivity contribution in [3.63, 3.8) is 0 Å². The van der Waals surface area contributed by atoms with Gasteiger partial charge in [-0.25, -0.2) is 13.2 Å². The highest BCUT2D eigenvalue weighted by molar-refractivity contribution is 8.72. The highest BCUT2D eigenvalue weighted by Gasteiger charge is 2.14. The molecule has 0 saturated carbocycles. The van der Waals surface area contributed by atoms with Crippen molar-refractivity contribution in [1.29, 1.82) is 0 Å². The average Bonchev–Trinajstić information content (AvgIpc) is 2.73. The molecule has 5 nitrogen and oxygen atoms in total. The van der Waals surface area contributed by atoms with Crippen LogP contribution in [0.1, 0.15) is 15.9 Å². The first kappa shape index (κ1) is 21.0. The number of benzene rings is 3. The number of hydrogen-bond acceptors (Lipinski definition) is 6. The molecule has 29 heavy (non-hydrogen) atoms. The van der Waals surface area contributed by atoms with Crippen LogP contribution in [0.4, 0.5) is 5.69 Å². The van der Waals surface area contributed by atoms with Crippen molar-refractivity contribution >= 4 is 31.3 Å². The lowest BCUT2D eigenvalue weighted by Gasteiger charge is -2.08. The molecule has 0 amide bonds. The molecule has 0 aliphatic carbocycles. The molecule has 3 rings (SSSR count). The molecule has 0 radical (unpaired) electrons. The number of esters is 1. The zero-order chi connectivity index (χ0) is 20.7. The van der Waals surface area contributed by atoms with Gasteiger partial charge in [-0.2, -0.15) is 0 Å². The Labute approximate surface area is 174 Å². The highest BCUT2D eigenvalue weighted by atomic mass is 33.1. The summed E-state index contributed by atoms with van der Waals surface area (Å²) < 4.78 is 29.9. The van der Waals surface area contributed by atoms with Gasteiger partial charge in [0.15, 0.2) is 0 Å². The van der Waals surface area contributed by atoms with E-state index >= 15 is 0 Å². The van der Waals surface area contributed by atoms with Crippen LogP contribution in [0.3, 0.4) is 0 Å². The smallest absolute Gasteiger partial charge is 0.343 e. The number of ether oxygens (including phenoxy) is 1. The van der Waals surface area contributed by atoms with Gasteiger partial charge in [0.2, 0.25) is 8.87 Å². The molecule has 3 aromatic carbocycles. The number of rotatable bonds is 8. The van der Waals surface area contributed by atoms with Crippen molar-refractivity contribution in [2.75, 3.05) is 17.6 Å². The first-order chi connectivity index (χ1) is 13.9. The Hall–Kier alpha value is -2.77. The van der Waals surface area contributed by atoms with Crippen LogP contribution in [0, 0.1) is 6.92 Å². The van der Waals surface area contributed by atoms with Crippen molar-refractivity contribution in [3.8, 4) is 5.75 Å². The van der Waals surface area contributed by atoms with Crippen LogP contribution in [0.15, 0.2) is 83.8 Å². The second-order valence-electron chi connectivity index (χ2n) is 6.30. The van der Waals surface area contributed by atoms with E-state index in [0.29, 0.717) is 28.5 Å². The maximum atomic E-state index is 12.3. The molecule has 0 aromatic heterocycles. The van der Waals surface area contributed by atoms with E-state index in [1.54, 1.807) is 72.8 Å². The molecule has 0 atom stereocenters. The SMILES string of the molecule is Cc1ccc(S(=O)(=O)SCCNc2ccc(C(=O)Oc3ccccc3)cc2)cc1. The van der Waals surface area contributed by atoms with Gasteiger partial charge in [0.1, 0.15) is 5.75 Å². The normalized spacial score (nSPS) is 11.1. The van der Waals surface area contributed by atoms with Crippen molar-refractivity contribution < 1.29 is 17.9 Å². The van der Waals surface area contributed by atoms with Crippen molar-refractivity contribution in [1.82, 2.24) is 0 Å². The lowest BCUT2D eigenvalue weighted by molar-refractivity contribution is 0.0735. The number of carbonyl (C=O) groups is 1. The lowest BCUT2D eigenvalue weighted by Crippen LogP contribution is -2.09. The van der Waals surface area contributed by atoms with E-state index in [4.69, 9.17) is 4.74 Å². The monoisotopic (exact) mass is 427 g/mol. The summed E-state index contributed by atoms with van der Waals surface area (Å²) in [6, 6.07) is 22.6. The summed E-state index contributed by atoms with van der Waals surface area (Å²) in [4.78, 5) is 12.5. The van der Waals surface area contributed by atoms with E-state index in [-0.39, 0.29) is 0 Å². The molecule has 0 aliphatic rings. The molecule has 0 heterocycles. The second-order valence-corrected chi connectivity index (χ2v) is 10.3. The molecule has 0 bridgehead atoms. The number of carbonyl (C=O) groups excluding carboxylic acids is 1. The fourth-order valence-electron chi connectivity index (χ4n) is 2.50. The molecular weight excluding hydrogens is 406 g/mol. The third-order valence-electron chi connectivity index (χ3n) is 4.05. The second kappa shape index (κ2) is 9.62. The number of hydrogen-bond donors (Lipinski definition) is 1. The topological polar surface area (TPSA) is 72.5 Å². The summed E-state index contributed by atoms with van der Waals surface area (Å²) in [6.07, 6.45) is 0. The predicted molar refractivity (Wildman–Crippen MR) is 117 cm³/mol. The Bertz CT molecular complexity index is 1050. The van der Waals surface area contributed by atoms with E-state index in [0.717, 1.165) is 22.0 Å². The summed E-state index contributed by atoms with van der Waals surface area (Å²) in [5, 5.41) is 3.16. The Morgan fingerprint density at radius 2 is 1.59 bits per heavy atom. The molecule has 150 valence electrons.